The van der Waals surface area contributed by atoms with Crippen LogP contribution in [-0.2, 0) is 0 Å². The zero-order valence-corrected chi connectivity index (χ0v) is 12.3. The summed E-state index contributed by atoms with van der Waals surface area (Å²) in [5, 5.41) is 0. The fourth-order valence-electron chi connectivity index (χ4n) is 2.77. The number of nitrogens with two attached hydrogens (primary N) is 1. The molecule has 0 amide bonds. The van der Waals surface area contributed by atoms with Gasteiger partial charge in [0.05, 0.1) is 17.6 Å². The van der Waals surface area contributed by atoms with Crippen LogP contribution in [-0.4, -0.2) is 42.6 Å². The Labute approximate surface area is 116 Å². The molecule has 0 aliphatic carbocycles. The summed E-state index contributed by atoms with van der Waals surface area (Å²) < 4.78 is 0. The molecule has 1 aromatic heterocycles. The molecule has 19 heavy (non-hydrogen) atoms. The van der Waals surface area contributed by atoms with E-state index in [0.717, 1.165) is 18.8 Å². The Kier molecular flexibility index (Phi) is 4.77. The van der Waals surface area contributed by atoms with Gasteiger partial charge in [-0.1, -0.05) is 6.92 Å². The van der Waals surface area contributed by atoms with Gasteiger partial charge in [0.1, 0.15) is 0 Å². The summed E-state index contributed by atoms with van der Waals surface area (Å²) in [7, 11) is 2.21. The van der Waals surface area contributed by atoms with Gasteiger partial charge in [-0.25, -0.2) is 0 Å². The Morgan fingerprint density at radius 2 is 2.21 bits per heavy atom. The zero-order valence-electron chi connectivity index (χ0n) is 12.3. The Morgan fingerprint density at radius 3 is 2.79 bits per heavy atom. The summed E-state index contributed by atoms with van der Waals surface area (Å²) in [6.45, 7) is 7.66. The zero-order chi connectivity index (χ0) is 13.8. The molecule has 2 unspecified atom stereocenters. The second-order valence-corrected chi connectivity index (χ2v) is 5.60. The van der Waals surface area contributed by atoms with E-state index in [9.17, 15) is 0 Å². The van der Waals surface area contributed by atoms with E-state index in [1.165, 1.54) is 25.1 Å². The second-order valence-electron chi connectivity index (χ2n) is 5.60. The molecule has 1 fully saturated rings. The first-order valence-electron chi connectivity index (χ1n) is 7.28. The predicted octanol–water partition coefficient (Wildman–Crippen LogP) is 2.02. The lowest BCUT2D eigenvalue weighted by molar-refractivity contribution is 0.328. The quantitative estimate of drug-likeness (QED) is 0.905. The lowest BCUT2D eigenvalue weighted by Gasteiger charge is -2.32. The molecule has 0 saturated carbocycles. The van der Waals surface area contributed by atoms with Gasteiger partial charge < -0.3 is 15.5 Å². The van der Waals surface area contributed by atoms with Crippen LogP contribution in [0.15, 0.2) is 18.3 Å². The van der Waals surface area contributed by atoms with Crippen molar-refractivity contribution in [1.29, 1.82) is 0 Å². The third-order valence-corrected chi connectivity index (χ3v) is 3.94. The van der Waals surface area contributed by atoms with Gasteiger partial charge >= 0.3 is 0 Å². The van der Waals surface area contributed by atoms with E-state index in [1.807, 2.05) is 13.1 Å². The van der Waals surface area contributed by atoms with Crippen LogP contribution in [0.2, 0.25) is 0 Å². The van der Waals surface area contributed by atoms with Crippen molar-refractivity contribution in [3.8, 4) is 0 Å². The van der Waals surface area contributed by atoms with E-state index >= 15 is 0 Å². The summed E-state index contributed by atoms with van der Waals surface area (Å²) in [4.78, 5) is 9.42. The minimum Gasteiger partial charge on any atom is -0.366 e. The monoisotopic (exact) mass is 262 g/mol. The smallest absolute Gasteiger partial charge is 0.0569 e. The van der Waals surface area contributed by atoms with Gasteiger partial charge in [0.15, 0.2) is 0 Å². The van der Waals surface area contributed by atoms with Gasteiger partial charge in [-0.05, 0) is 45.5 Å². The van der Waals surface area contributed by atoms with Crippen molar-refractivity contribution in [1.82, 2.24) is 9.88 Å². The molecule has 0 radical (unpaired) electrons. The number of rotatable bonds is 3. The molecule has 0 spiro atoms. The maximum Gasteiger partial charge on any atom is 0.0569 e. The Bertz CT molecular complexity index is 388. The number of hydrogen-bond donors (Lipinski definition) is 1. The number of anilines is 1. The SMILES string of the molecule is CCC1CN(C)CCCN1c1ccc(C(C)N)nc1. The Hall–Kier alpha value is -1.13. The van der Waals surface area contributed by atoms with Crippen molar-refractivity contribution >= 4 is 5.69 Å². The first kappa shape index (κ1) is 14.3. The van der Waals surface area contributed by atoms with E-state index < -0.39 is 0 Å². The van der Waals surface area contributed by atoms with Crippen LogP contribution in [0.1, 0.15) is 38.4 Å². The fourth-order valence-corrected chi connectivity index (χ4v) is 2.77. The van der Waals surface area contributed by atoms with Crippen LogP contribution >= 0.6 is 0 Å². The molecule has 1 aromatic rings. The number of nitrogens with zero attached hydrogens (tertiary/aromatic N) is 3. The molecule has 4 nitrogen and oxygen atoms in total. The average Bonchev–Trinajstić information content (AvgIpc) is 2.60. The van der Waals surface area contributed by atoms with Crippen LogP contribution in [0.3, 0.4) is 0 Å². The predicted molar refractivity (Wildman–Crippen MR) is 80.4 cm³/mol. The average molecular weight is 262 g/mol. The van der Waals surface area contributed by atoms with Crippen molar-refractivity contribution in [3.05, 3.63) is 24.0 Å². The van der Waals surface area contributed by atoms with Crippen LogP contribution in [0.25, 0.3) is 0 Å². The van der Waals surface area contributed by atoms with Crippen LogP contribution in [0, 0.1) is 0 Å². The van der Waals surface area contributed by atoms with Gasteiger partial charge in [-0.2, -0.15) is 0 Å². The van der Waals surface area contributed by atoms with E-state index in [1.54, 1.807) is 0 Å². The van der Waals surface area contributed by atoms with Crippen molar-refractivity contribution in [2.45, 2.75) is 38.8 Å². The van der Waals surface area contributed by atoms with Crippen molar-refractivity contribution in [3.63, 3.8) is 0 Å². The van der Waals surface area contributed by atoms with Crippen molar-refractivity contribution < 1.29 is 0 Å². The molecular weight excluding hydrogens is 236 g/mol. The molecule has 1 aliphatic rings. The Morgan fingerprint density at radius 1 is 1.42 bits per heavy atom. The molecule has 4 heteroatoms. The molecule has 1 aliphatic heterocycles. The van der Waals surface area contributed by atoms with E-state index in [2.05, 4.69) is 40.9 Å². The minimum atomic E-state index is 0.00582. The molecule has 0 aromatic carbocycles. The summed E-state index contributed by atoms with van der Waals surface area (Å²) in [6.07, 6.45) is 4.36. The molecule has 1 saturated heterocycles. The highest BCUT2D eigenvalue weighted by Gasteiger charge is 2.22. The van der Waals surface area contributed by atoms with Crippen LogP contribution in [0.4, 0.5) is 5.69 Å². The topological polar surface area (TPSA) is 45.4 Å². The number of hydrogen-bond acceptors (Lipinski definition) is 4. The Balaban J connectivity index is 2.17. The van der Waals surface area contributed by atoms with Gasteiger partial charge in [0.25, 0.3) is 0 Å². The summed E-state index contributed by atoms with van der Waals surface area (Å²) in [5.74, 6) is 0. The molecule has 106 valence electrons. The number of pyridine rings is 1. The molecular formula is C15H26N4. The lowest BCUT2D eigenvalue weighted by Crippen LogP contribution is -2.39. The maximum atomic E-state index is 5.86. The summed E-state index contributed by atoms with van der Waals surface area (Å²) in [5.41, 5.74) is 8.05. The first-order valence-corrected chi connectivity index (χ1v) is 7.28. The minimum absolute atomic E-state index is 0.00582. The molecule has 2 rings (SSSR count). The maximum absolute atomic E-state index is 5.86. The van der Waals surface area contributed by atoms with E-state index in [-0.39, 0.29) is 6.04 Å². The van der Waals surface area contributed by atoms with Crippen molar-refractivity contribution in [2.24, 2.45) is 5.73 Å². The van der Waals surface area contributed by atoms with E-state index in [4.69, 9.17) is 5.73 Å². The fraction of sp³-hybridized carbons (Fsp3) is 0.667. The standard InChI is InChI=1S/C15H26N4/c1-4-13-11-18(3)8-5-9-19(13)14-6-7-15(12(2)16)17-10-14/h6-7,10,12-13H,4-5,8-9,11,16H2,1-3H3. The largest absolute Gasteiger partial charge is 0.366 e. The van der Waals surface area contributed by atoms with Gasteiger partial charge in [-0.3, -0.25) is 4.98 Å². The van der Waals surface area contributed by atoms with Gasteiger partial charge in [0, 0.05) is 25.2 Å². The first-order chi connectivity index (χ1) is 9.11. The molecule has 0 bridgehead atoms. The van der Waals surface area contributed by atoms with Crippen LogP contribution < -0.4 is 10.6 Å². The highest BCUT2D eigenvalue weighted by molar-refractivity contribution is 5.46. The molecule has 2 heterocycles. The third-order valence-electron chi connectivity index (χ3n) is 3.94. The van der Waals surface area contributed by atoms with Gasteiger partial charge in [-0.15, -0.1) is 0 Å². The third kappa shape index (κ3) is 3.45. The molecule has 2 atom stereocenters. The summed E-state index contributed by atoms with van der Waals surface area (Å²) >= 11 is 0. The van der Waals surface area contributed by atoms with Crippen LogP contribution in [0.5, 0.6) is 0 Å². The van der Waals surface area contributed by atoms with Crippen molar-refractivity contribution in [2.75, 3.05) is 31.6 Å². The normalized spacial score (nSPS) is 23.2. The second kappa shape index (κ2) is 6.35. The number of likely N-dealkylation sites (N-methyl/N-ethyl adjacent to an activating group) is 1. The molecule has 2 N–H and O–H groups in total. The number of aromatic nitrogens is 1. The highest BCUT2D eigenvalue weighted by atomic mass is 15.2. The van der Waals surface area contributed by atoms with Gasteiger partial charge in [0.2, 0.25) is 0 Å². The summed E-state index contributed by atoms with van der Waals surface area (Å²) in [6, 6.07) is 4.81. The van der Waals surface area contributed by atoms with E-state index in [0.29, 0.717) is 6.04 Å². The highest BCUT2D eigenvalue weighted by Crippen LogP contribution is 2.22. The lowest BCUT2D eigenvalue weighted by atomic mass is 10.1.